The summed E-state index contributed by atoms with van der Waals surface area (Å²) < 4.78 is 5.95. The molecule has 3 aromatic rings. The Balaban J connectivity index is 1.59. The third-order valence-electron chi connectivity index (χ3n) is 5.91. The van der Waals surface area contributed by atoms with Crippen LogP contribution in [0.3, 0.4) is 0 Å². The van der Waals surface area contributed by atoms with Gasteiger partial charge in [-0.25, -0.2) is 4.98 Å². The summed E-state index contributed by atoms with van der Waals surface area (Å²) in [5.41, 5.74) is 2.41. The molecule has 1 atom stereocenters. The van der Waals surface area contributed by atoms with E-state index in [4.69, 9.17) is 9.72 Å². The third kappa shape index (κ3) is 4.80. The van der Waals surface area contributed by atoms with Crippen LogP contribution in [0.1, 0.15) is 33.1 Å². The molecular formula is C24H30N4O3S. The van der Waals surface area contributed by atoms with Crippen LogP contribution in [0.15, 0.2) is 34.4 Å². The van der Waals surface area contributed by atoms with Gasteiger partial charge in [-0.15, -0.1) is 11.3 Å². The van der Waals surface area contributed by atoms with E-state index in [0.717, 1.165) is 42.7 Å². The van der Waals surface area contributed by atoms with Crippen LogP contribution in [0.4, 0.5) is 5.95 Å². The molecule has 2 N–H and O–H groups in total. The molecule has 3 heterocycles. The minimum absolute atomic E-state index is 0.0892. The van der Waals surface area contributed by atoms with Gasteiger partial charge in [0.2, 0.25) is 11.9 Å². The standard InChI is InChI=1S/C24H30N4O3S/c1-15(2)9-10-25-22(29)17-7-5-11-28(13-17)24-26-20-19(14-32-21(20)23(30)27-24)16-6-4-8-18(12-16)31-3/h4,6,8,12,14-15,17H,5,7,9-11,13H2,1-3H3,(H,25,29)(H,26,27,30)/t17-/m1/s1. The van der Waals surface area contributed by atoms with Gasteiger partial charge in [0.25, 0.3) is 5.56 Å². The first-order valence-corrected chi connectivity index (χ1v) is 12.0. The molecule has 0 bridgehead atoms. The largest absolute Gasteiger partial charge is 0.497 e. The van der Waals surface area contributed by atoms with Crippen LogP contribution >= 0.6 is 11.3 Å². The van der Waals surface area contributed by atoms with E-state index in [-0.39, 0.29) is 17.4 Å². The number of rotatable bonds is 7. The number of benzene rings is 1. The van der Waals surface area contributed by atoms with Gasteiger partial charge in [0, 0.05) is 30.6 Å². The molecule has 32 heavy (non-hydrogen) atoms. The number of aromatic nitrogens is 2. The SMILES string of the molecule is COc1cccc(-c2csc3c(=O)[nH]c(N4CCC[C@@H](C(=O)NCCC(C)C)C4)nc23)c1. The monoisotopic (exact) mass is 454 g/mol. The first kappa shape index (κ1) is 22.3. The van der Waals surface area contributed by atoms with E-state index in [1.54, 1.807) is 7.11 Å². The van der Waals surface area contributed by atoms with Crippen molar-refractivity contribution in [1.29, 1.82) is 0 Å². The van der Waals surface area contributed by atoms with E-state index in [2.05, 4.69) is 24.1 Å². The van der Waals surface area contributed by atoms with Crippen LogP contribution in [0, 0.1) is 11.8 Å². The summed E-state index contributed by atoms with van der Waals surface area (Å²) in [7, 11) is 1.64. The fourth-order valence-electron chi connectivity index (χ4n) is 4.07. The number of hydrogen-bond donors (Lipinski definition) is 2. The van der Waals surface area contributed by atoms with E-state index in [9.17, 15) is 9.59 Å². The second-order valence-corrected chi connectivity index (χ2v) is 9.59. The number of ether oxygens (including phenoxy) is 1. The Morgan fingerprint density at radius 1 is 1.41 bits per heavy atom. The Labute approximate surface area is 191 Å². The smallest absolute Gasteiger partial charge is 0.270 e. The average Bonchev–Trinajstić information content (AvgIpc) is 3.23. The van der Waals surface area contributed by atoms with E-state index in [1.165, 1.54) is 11.3 Å². The molecule has 2 aromatic heterocycles. The molecule has 0 spiro atoms. The fourth-order valence-corrected chi connectivity index (χ4v) is 4.98. The van der Waals surface area contributed by atoms with Crippen molar-refractivity contribution in [2.24, 2.45) is 11.8 Å². The number of fused-ring (bicyclic) bond motifs is 1. The average molecular weight is 455 g/mol. The summed E-state index contributed by atoms with van der Waals surface area (Å²) in [6, 6.07) is 7.76. The first-order chi connectivity index (χ1) is 15.5. The fraction of sp³-hybridized carbons (Fsp3) is 0.458. The van der Waals surface area contributed by atoms with Crippen molar-refractivity contribution in [1.82, 2.24) is 15.3 Å². The molecule has 170 valence electrons. The van der Waals surface area contributed by atoms with Crippen molar-refractivity contribution in [2.45, 2.75) is 33.1 Å². The minimum Gasteiger partial charge on any atom is -0.497 e. The molecule has 7 nitrogen and oxygen atoms in total. The second kappa shape index (κ2) is 9.73. The van der Waals surface area contributed by atoms with Crippen LogP contribution in [0.5, 0.6) is 5.75 Å². The van der Waals surface area contributed by atoms with Gasteiger partial charge in [-0.3, -0.25) is 14.6 Å². The van der Waals surface area contributed by atoms with Gasteiger partial charge in [0.15, 0.2) is 0 Å². The number of amides is 1. The maximum absolute atomic E-state index is 12.8. The molecule has 0 saturated carbocycles. The highest BCUT2D eigenvalue weighted by atomic mass is 32.1. The molecule has 1 aromatic carbocycles. The Morgan fingerprint density at radius 2 is 2.25 bits per heavy atom. The van der Waals surface area contributed by atoms with Crippen molar-refractivity contribution in [3.8, 4) is 16.9 Å². The molecule has 8 heteroatoms. The number of aromatic amines is 1. The number of H-pyrrole nitrogens is 1. The molecule has 1 saturated heterocycles. The van der Waals surface area contributed by atoms with Crippen LogP contribution in [-0.2, 0) is 4.79 Å². The van der Waals surface area contributed by atoms with Gasteiger partial charge in [-0.2, -0.15) is 0 Å². The molecule has 0 aliphatic carbocycles. The molecule has 1 aliphatic rings. The number of carbonyl (C=O) groups is 1. The van der Waals surface area contributed by atoms with Crippen molar-refractivity contribution < 1.29 is 9.53 Å². The zero-order chi connectivity index (χ0) is 22.7. The number of methoxy groups -OCH3 is 1. The van der Waals surface area contributed by atoms with E-state index in [0.29, 0.717) is 35.2 Å². The Kier molecular flexibility index (Phi) is 6.79. The minimum atomic E-state index is -0.146. The highest BCUT2D eigenvalue weighted by Gasteiger charge is 2.27. The number of nitrogens with one attached hydrogen (secondary N) is 2. The lowest BCUT2D eigenvalue weighted by Gasteiger charge is -2.32. The third-order valence-corrected chi connectivity index (χ3v) is 6.88. The molecule has 1 amide bonds. The molecule has 1 fully saturated rings. The first-order valence-electron chi connectivity index (χ1n) is 11.1. The topological polar surface area (TPSA) is 87.3 Å². The van der Waals surface area contributed by atoms with Gasteiger partial charge in [0.05, 0.1) is 18.5 Å². The molecule has 0 unspecified atom stereocenters. The number of nitrogens with zero attached hydrogens (tertiary/aromatic N) is 2. The predicted octanol–water partition coefficient (Wildman–Crippen LogP) is 4.04. The van der Waals surface area contributed by atoms with Gasteiger partial charge in [-0.05, 0) is 42.9 Å². The number of carbonyl (C=O) groups excluding carboxylic acids is 1. The Bertz CT molecular complexity index is 1150. The maximum Gasteiger partial charge on any atom is 0.270 e. The second-order valence-electron chi connectivity index (χ2n) is 8.71. The zero-order valence-electron chi connectivity index (χ0n) is 18.8. The number of thiophene rings is 1. The summed E-state index contributed by atoms with van der Waals surface area (Å²) in [6.07, 6.45) is 2.71. The van der Waals surface area contributed by atoms with Crippen molar-refractivity contribution in [2.75, 3.05) is 31.6 Å². The summed E-state index contributed by atoms with van der Waals surface area (Å²) in [4.78, 5) is 35.3. The number of anilines is 1. The highest BCUT2D eigenvalue weighted by molar-refractivity contribution is 7.17. The van der Waals surface area contributed by atoms with Crippen LogP contribution in [-0.4, -0.2) is 42.6 Å². The van der Waals surface area contributed by atoms with E-state index >= 15 is 0 Å². The van der Waals surface area contributed by atoms with E-state index in [1.807, 2.05) is 34.5 Å². The normalized spacial score (nSPS) is 16.5. The van der Waals surface area contributed by atoms with Crippen molar-refractivity contribution >= 4 is 33.4 Å². The molecule has 0 radical (unpaired) electrons. The lowest BCUT2D eigenvalue weighted by Crippen LogP contribution is -2.44. The van der Waals surface area contributed by atoms with Crippen molar-refractivity contribution in [3.63, 3.8) is 0 Å². The maximum atomic E-state index is 12.8. The van der Waals surface area contributed by atoms with E-state index < -0.39 is 0 Å². The number of hydrogen-bond acceptors (Lipinski definition) is 6. The summed E-state index contributed by atoms with van der Waals surface area (Å²) in [5, 5.41) is 5.03. The highest BCUT2D eigenvalue weighted by Crippen LogP contribution is 2.33. The predicted molar refractivity (Wildman–Crippen MR) is 130 cm³/mol. The molecular weight excluding hydrogens is 424 g/mol. The Hall–Kier alpha value is -2.87. The van der Waals surface area contributed by atoms with Crippen molar-refractivity contribution in [3.05, 3.63) is 40.0 Å². The zero-order valence-corrected chi connectivity index (χ0v) is 19.6. The Morgan fingerprint density at radius 3 is 3.03 bits per heavy atom. The summed E-state index contributed by atoms with van der Waals surface area (Å²) in [6.45, 7) is 6.32. The van der Waals surface area contributed by atoms with Gasteiger partial charge in [-0.1, -0.05) is 26.0 Å². The van der Waals surface area contributed by atoms with Crippen LogP contribution < -0.4 is 20.5 Å². The van der Waals surface area contributed by atoms with Gasteiger partial charge >= 0.3 is 0 Å². The molecule has 1 aliphatic heterocycles. The quantitative estimate of drug-likeness (QED) is 0.563. The van der Waals surface area contributed by atoms with Gasteiger partial charge < -0.3 is 15.0 Å². The van der Waals surface area contributed by atoms with Crippen LogP contribution in [0.2, 0.25) is 0 Å². The lowest BCUT2D eigenvalue weighted by atomic mass is 9.97. The molecule has 4 rings (SSSR count). The number of piperidine rings is 1. The summed E-state index contributed by atoms with van der Waals surface area (Å²) in [5.74, 6) is 1.84. The summed E-state index contributed by atoms with van der Waals surface area (Å²) >= 11 is 1.39. The van der Waals surface area contributed by atoms with Gasteiger partial charge in [0.1, 0.15) is 10.4 Å². The van der Waals surface area contributed by atoms with Crippen LogP contribution in [0.25, 0.3) is 21.3 Å². The lowest BCUT2D eigenvalue weighted by molar-refractivity contribution is -0.125.